The molecule has 0 spiro atoms. The molecule has 0 aliphatic heterocycles. The van der Waals surface area contributed by atoms with Gasteiger partial charge in [-0.05, 0) is 43.6 Å². The summed E-state index contributed by atoms with van der Waals surface area (Å²) in [6.45, 7) is 3.06. The Hall–Kier alpha value is -2.14. The number of ether oxygens (including phenoxy) is 1. The lowest BCUT2D eigenvalue weighted by atomic mass is 10.00. The number of hydrogen-bond acceptors (Lipinski definition) is 3. The third kappa shape index (κ3) is 4.68. The second-order valence-electron chi connectivity index (χ2n) is 5.94. The minimum Gasteiger partial charge on any atom is -0.505 e. The van der Waals surface area contributed by atoms with E-state index in [1.54, 1.807) is 12.1 Å². The van der Waals surface area contributed by atoms with Crippen molar-refractivity contribution in [1.82, 2.24) is 5.32 Å². The van der Waals surface area contributed by atoms with E-state index >= 15 is 0 Å². The van der Waals surface area contributed by atoms with Gasteiger partial charge in [0.25, 0.3) is 0 Å². The molecule has 0 bridgehead atoms. The van der Waals surface area contributed by atoms with Crippen molar-refractivity contribution in [3.8, 4) is 11.5 Å². The van der Waals surface area contributed by atoms with Crippen LogP contribution >= 0.6 is 0 Å². The van der Waals surface area contributed by atoms with Gasteiger partial charge in [0.2, 0.25) is 0 Å². The SMILES string of the molecule is CNCC(C)Cc1cccc(F)c1OCCc1cccc(F)c1O. The van der Waals surface area contributed by atoms with Crippen molar-refractivity contribution in [3.63, 3.8) is 0 Å². The van der Waals surface area contributed by atoms with Gasteiger partial charge in [-0.15, -0.1) is 0 Å². The fraction of sp³-hybridized carbons (Fsp3) is 0.368. The Morgan fingerprint density at radius 3 is 2.46 bits per heavy atom. The Balaban J connectivity index is 2.05. The van der Waals surface area contributed by atoms with Gasteiger partial charge in [-0.2, -0.15) is 0 Å². The Bertz CT molecular complexity index is 676. The van der Waals surface area contributed by atoms with E-state index in [-0.39, 0.29) is 18.1 Å². The van der Waals surface area contributed by atoms with Crippen LogP contribution in [0.2, 0.25) is 0 Å². The summed E-state index contributed by atoms with van der Waals surface area (Å²) in [4.78, 5) is 0. The molecule has 0 fully saturated rings. The maximum atomic E-state index is 14.1. The highest BCUT2D eigenvalue weighted by Gasteiger charge is 2.13. The quantitative estimate of drug-likeness (QED) is 0.773. The van der Waals surface area contributed by atoms with E-state index in [1.165, 1.54) is 18.2 Å². The van der Waals surface area contributed by atoms with Crippen LogP contribution in [0, 0.1) is 17.6 Å². The van der Waals surface area contributed by atoms with Crippen LogP contribution in [-0.4, -0.2) is 25.3 Å². The molecular weight excluding hydrogens is 312 g/mol. The Morgan fingerprint density at radius 1 is 1.08 bits per heavy atom. The molecule has 1 unspecified atom stereocenters. The molecule has 2 aromatic rings. The first-order valence-electron chi connectivity index (χ1n) is 8.04. The molecule has 0 amide bonds. The van der Waals surface area contributed by atoms with E-state index in [0.29, 0.717) is 24.3 Å². The van der Waals surface area contributed by atoms with Crippen LogP contribution < -0.4 is 10.1 Å². The van der Waals surface area contributed by atoms with Crippen LogP contribution in [0.5, 0.6) is 11.5 Å². The lowest BCUT2D eigenvalue weighted by molar-refractivity contribution is 0.297. The molecule has 0 heterocycles. The second-order valence-corrected chi connectivity index (χ2v) is 5.94. The molecule has 3 nitrogen and oxygen atoms in total. The Morgan fingerprint density at radius 2 is 1.75 bits per heavy atom. The highest BCUT2D eigenvalue weighted by molar-refractivity contribution is 5.36. The van der Waals surface area contributed by atoms with Gasteiger partial charge in [-0.3, -0.25) is 0 Å². The van der Waals surface area contributed by atoms with Crippen molar-refractivity contribution in [3.05, 3.63) is 59.2 Å². The number of halogens is 2. The lowest BCUT2D eigenvalue weighted by Crippen LogP contribution is -2.18. The molecule has 2 N–H and O–H groups in total. The van der Waals surface area contributed by atoms with Crippen molar-refractivity contribution in [2.45, 2.75) is 19.8 Å². The number of para-hydroxylation sites is 2. The standard InChI is InChI=1S/C19H23F2NO2/c1-13(12-22-2)11-15-6-4-8-17(21)19(15)24-10-9-14-5-3-7-16(20)18(14)23/h3-8,13,22-23H,9-12H2,1-2H3. The monoisotopic (exact) mass is 335 g/mol. The van der Waals surface area contributed by atoms with Gasteiger partial charge in [0, 0.05) is 12.0 Å². The molecule has 5 heteroatoms. The Kier molecular flexibility index (Phi) is 6.55. The number of benzene rings is 2. The van der Waals surface area contributed by atoms with E-state index < -0.39 is 11.6 Å². The van der Waals surface area contributed by atoms with Crippen molar-refractivity contribution < 1.29 is 18.6 Å². The molecule has 0 aromatic heterocycles. The maximum absolute atomic E-state index is 14.1. The first-order valence-corrected chi connectivity index (χ1v) is 8.04. The summed E-state index contributed by atoms with van der Waals surface area (Å²) in [5, 5.41) is 12.8. The molecule has 2 aromatic carbocycles. The van der Waals surface area contributed by atoms with Crippen LogP contribution in [0.1, 0.15) is 18.1 Å². The summed E-state index contributed by atoms with van der Waals surface area (Å²) in [5.74, 6) is -0.882. The van der Waals surface area contributed by atoms with Crippen molar-refractivity contribution in [1.29, 1.82) is 0 Å². The van der Waals surface area contributed by atoms with E-state index in [4.69, 9.17) is 4.74 Å². The zero-order valence-corrected chi connectivity index (χ0v) is 14.0. The molecule has 0 saturated carbocycles. The second kappa shape index (κ2) is 8.64. The minimum atomic E-state index is -0.667. The van der Waals surface area contributed by atoms with Gasteiger partial charge in [-0.1, -0.05) is 31.2 Å². The number of phenolic OH excluding ortho intramolecular Hbond substituents is 1. The zero-order valence-electron chi connectivity index (χ0n) is 14.0. The normalized spacial score (nSPS) is 12.2. The van der Waals surface area contributed by atoms with Gasteiger partial charge in [0.1, 0.15) is 0 Å². The summed E-state index contributed by atoms with van der Waals surface area (Å²) < 4.78 is 33.0. The van der Waals surface area contributed by atoms with Gasteiger partial charge in [-0.25, -0.2) is 8.78 Å². The molecule has 0 aliphatic rings. The number of nitrogens with one attached hydrogen (secondary N) is 1. The first kappa shape index (κ1) is 18.2. The summed E-state index contributed by atoms with van der Waals surface area (Å²) in [5.41, 5.74) is 1.25. The van der Waals surface area contributed by atoms with Crippen LogP contribution in [0.3, 0.4) is 0 Å². The van der Waals surface area contributed by atoms with Crippen LogP contribution in [-0.2, 0) is 12.8 Å². The van der Waals surface area contributed by atoms with E-state index in [2.05, 4.69) is 12.2 Å². The molecule has 2 rings (SSSR count). The number of aromatic hydroxyl groups is 1. The molecule has 1 atom stereocenters. The van der Waals surface area contributed by atoms with Crippen molar-refractivity contribution in [2.75, 3.05) is 20.2 Å². The highest BCUT2D eigenvalue weighted by Crippen LogP contribution is 2.26. The van der Waals surface area contributed by atoms with Crippen LogP contribution in [0.15, 0.2) is 36.4 Å². The first-order chi connectivity index (χ1) is 11.5. The molecular formula is C19H23F2NO2. The predicted octanol–water partition coefficient (Wildman–Crippen LogP) is 3.69. The maximum Gasteiger partial charge on any atom is 0.165 e. The lowest BCUT2D eigenvalue weighted by Gasteiger charge is -2.16. The fourth-order valence-electron chi connectivity index (χ4n) is 2.70. The number of hydrogen-bond donors (Lipinski definition) is 2. The zero-order chi connectivity index (χ0) is 17.5. The Labute approximate surface area is 141 Å². The molecule has 24 heavy (non-hydrogen) atoms. The average Bonchev–Trinajstić information content (AvgIpc) is 2.54. The average molecular weight is 335 g/mol. The van der Waals surface area contributed by atoms with Gasteiger partial charge in [0.15, 0.2) is 23.1 Å². The van der Waals surface area contributed by atoms with E-state index in [0.717, 1.165) is 12.1 Å². The largest absolute Gasteiger partial charge is 0.505 e. The van der Waals surface area contributed by atoms with Crippen LogP contribution in [0.25, 0.3) is 0 Å². The highest BCUT2D eigenvalue weighted by atomic mass is 19.1. The molecule has 0 radical (unpaired) electrons. The van der Waals surface area contributed by atoms with E-state index in [1.807, 2.05) is 13.1 Å². The fourth-order valence-corrected chi connectivity index (χ4v) is 2.70. The topological polar surface area (TPSA) is 41.5 Å². The molecule has 130 valence electrons. The van der Waals surface area contributed by atoms with Crippen LogP contribution in [0.4, 0.5) is 8.78 Å². The predicted molar refractivity (Wildman–Crippen MR) is 90.5 cm³/mol. The third-order valence-corrected chi connectivity index (χ3v) is 3.86. The van der Waals surface area contributed by atoms with Crippen molar-refractivity contribution in [2.24, 2.45) is 5.92 Å². The molecule has 0 aliphatic carbocycles. The number of phenols is 1. The summed E-state index contributed by atoms with van der Waals surface area (Å²) in [6.07, 6.45) is 0.989. The van der Waals surface area contributed by atoms with E-state index in [9.17, 15) is 13.9 Å². The van der Waals surface area contributed by atoms with Gasteiger partial charge in [0.05, 0.1) is 6.61 Å². The van der Waals surface area contributed by atoms with Gasteiger partial charge >= 0.3 is 0 Å². The smallest absolute Gasteiger partial charge is 0.165 e. The summed E-state index contributed by atoms with van der Waals surface area (Å²) in [6, 6.07) is 9.22. The van der Waals surface area contributed by atoms with Crippen molar-refractivity contribution >= 4 is 0 Å². The summed E-state index contributed by atoms with van der Waals surface area (Å²) >= 11 is 0. The third-order valence-electron chi connectivity index (χ3n) is 3.86. The number of rotatable bonds is 8. The minimum absolute atomic E-state index is 0.158. The van der Waals surface area contributed by atoms with Gasteiger partial charge < -0.3 is 15.2 Å². The summed E-state index contributed by atoms with van der Waals surface area (Å²) in [7, 11) is 1.88. The molecule has 0 saturated heterocycles.